The third-order valence-electron chi connectivity index (χ3n) is 5.71. The predicted octanol–water partition coefficient (Wildman–Crippen LogP) is 4.68. The van der Waals surface area contributed by atoms with E-state index in [1.54, 1.807) is 11.8 Å². The van der Waals surface area contributed by atoms with E-state index in [2.05, 4.69) is 9.98 Å². The highest BCUT2D eigenvalue weighted by molar-refractivity contribution is 5.94. The summed E-state index contributed by atoms with van der Waals surface area (Å²) in [7, 11) is 0. The molecule has 10 heteroatoms. The van der Waals surface area contributed by atoms with Crippen LogP contribution in [0, 0.1) is 22.9 Å². The first-order valence-corrected chi connectivity index (χ1v) is 11.7. The number of rotatable bonds is 5. The molecule has 3 heterocycles. The number of carbonyl (C=O) groups is 1. The second-order valence-electron chi connectivity index (χ2n) is 9.76. The number of carbonyl (C=O) groups excluding carboxylic acids is 1. The molecule has 1 aliphatic heterocycles. The predicted molar refractivity (Wildman–Crippen MR) is 132 cm³/mol. The second-order valence-corrected chi connectivity index (χ2v) is 9.76. The van der Waals surface area contributed by atoms with Crippen molar-refractivity contribution >= 4 is 29.0 Å². The van der Waals surface area contributed by atoms with Crippen molar-refractivity contribution in [3.8, 4) is 5.69 Å². The van der Waals surface area contributed by atoms with Crippen molar-refractivity contribution in [1.29, 1.82) is 0 Å². The molecule has 190 valence electrons. The summed E-state index contributed by atoms with van der Waals surface area (Å²) < 4.78 is 49.7. The minimum absolute atomic E-state index is 0.000586. The van der Waals surface area contributed by atoms with Gasteiger partial charge in [0.05, 0.1) is 23.7 Å². The molecule has 36 heavy (non-hydrogen) atoms. The van der Waals surface area contributed by atoms with Gasteiger partial charge in [-0.25, -0.2) is 22.9 Å². The molecule has 0 amide bonds. The summed E-state index contributed by atoms with van der Waals surface area (Å²) in [6.45, 7) is 8.57. The molecule has 0 saturated carbocycles. The van der Waals surface area contributed by atoms with Crippen LogP contribution in [0.3, 0.4) is 0 Å². The van der Waals surface area contributed by atoms with Crippen molar-refractivity contribution in [2.75, 3.05) is 24.6 Å². The van der Waals surface area contributed by atoms with Gasteiger partial charge in [-0.2, -0.15) is 0 Å². The van der Waals surface area contributed by atoms with Gasteiger partial charge in [0.25, 0.3) is 0 Å². The van der Waals surface area contributed by atoms with Crippen LogP contribution >= 0.6 is 0 Å². The lowest BCUT2D eigenvalue weighted by molar-refractivity contribution is 0.0524. The SMILES string of the molecule is CCOC(=O)c1cn(-c2ccc(F)cc2F)c2nc(N3CCC(N=CC(C)(C)C)C3)c(F)cc2c1=O. The smallest absolute Gasteiger partial charge is 0.343 e. The average Bonchev–Trinajstić information content (AvgIpc) is 3.27. The Balaban J connectivity index is 1.87. The average molecular weight is 501 g/mol. The Bertz CT molecular complexity index is 1410. The zero-order chi connectivity index (χ0) is 26.2. The van der Waals surface area contributed by atoms with Crippen LogP contribution in [0.5, 0.6) is 0 Å². The highest BCUT2D eigenvalue weighted by Gasteiger charge is 2.28. The molecule has 0 aliphatic carbocycles. The molecule has 0 radical (unpaired) electrons. The Morgan fingerprint density at radius 1 is 1.22 bits per heavy atom. The maximum atomic E-state index is 15.3. The Labute approximate surface area is 206 Å². The molecule has 0 spiro atoms. The topological polar surface area (TPSA) is 76.8 Å². The molecular formula is C26H27F3N4O3. The molecule has 0 bridgehead atoms. The number of hydrogen-bond donors (Lipinski definition) is 0. The van der Waals surface area contributed by atoms with E-state index in [1.165, 1.54) is 0 Å². The molecule has 1 aliphatic rings. The molecule has 4 rings (SSSR count). The first-order chi connectivity index (χ1) is 17.0. The number of anilines is 1. The van der Waals surface area contributed by atoms with Gasteiger partial charge in [-0.3, -0.25) is 14.4 Å². The van der Waals surface area contributed by atoms with E-state index in [9.17, 15) is 18.4 Å². The van der Waals surface area contributed by atoms with Crippen molar-refractivity contribution in [2.24, 2.45) is 10.4 Å². The van der Waals surface area contributed by atoms with Gasteiger partial charge in [-0.15, -0.1) is 0 Å². The largest absolute Gasteiger partial charge is 0.462 e. The minimum Gasteiger partial charge on any atom is -0.462 e. The molecule has 7 nitrogen and oxygen atoms in total. The highest BCUT2D eigenvalue weighted by atomic mass is 19.1. The summed E-state index contributed by atoms with van der Waals surface area (Å²) in [5.41, 5.74) is -1.54. The maximum absolute atomic E-state index is 15.3. The van der Waals surface area contributed by atoms with Crippen LogP contribution in [0.2, 0.25) is 0 Å². The second kappa shape index (κ2) is 9.75. The monoisotopic (exact) mass is 500 g/mol. The summed E-state index contributed by atoms with van der Waals surface area (Å²) >= 11 is 0. The van der Waals surface area contributed by atoms with Crippen LogP contribution in [-0.4, -0.2) is 47.5 Å². The summed E-state index contributed by atoms with van der Waals surface area (Å²) in [4.78, 5) is 36.2. The fourth-order valence-electron chi connectivity index (χ4n) is 4.04. The van der Waals surface area contributed by atoms with Gasteiger partial charge in [0.1, 0.15) is 17.2 Å². The van der Waals surface area contributed by atoms with Crippen LogP contribution in [0.25, 0.3) is 16.7 Å². The summed E-state index contributed by atoms with van der Waals surface area (Å²) in [6.07, 6.45) is 3.65. The molecule has 1 aromatic carbocycles. The van der Waals surface area contributed by atoms with E-state index in [-0.39, 0.29) is 40.6 Å². The van der Waals surface area contributed by atoms with Crippen LogP contribution in [0.15, 0.2) is 40.2 Å². The van der Waals surface area contributed by atoms with Crippen molar-refractivity contribution < 1.29 is 22.7 Å². The number of pyridine rings is 2. The molecule has 1 atom stereocenters. The number of aromatic nitrogens is 2. The van der Waals surface area contributed by atoms with Crippen molar-refractivity contribution in [1.82, 2.24) is 9.55 Å². The first kappa shape index (κ1) is 25.4. The van der Waals surface area contributed by atoms with Gasteiger partial charge in [-0.05, 0) is 37.0 Å². The van der Waals surface area contributed by atoms with Crippen LogP contribution in [0.4, 0.5) is 19.0 Å². The van der Waals surface area contributed by atoms with Gasteiger partial charge < -0.3 is 9.64 Å². The summed E-state index contributed by atoms with van der Waals surface area (Å²) in [5, 5.41) is -0.230. The van der Waals surface area contributed by atoms with Gasteiger partial charge in [0, 0.05) is 31.6 Å². The lowest BCUT2D eigenvalue weighted by Gasteiger charge is -2.20. The van der Waals surface area contributed by atoms with E-state index in [0.717, 1.165) is 29.0 Å². The molecule has 1 fully saturated rings. The van der Waals surface area contributed by atoms with E-state index in [1.807, 2.05) is 27.0 Å². The van der Waals surface area contributed by atoms with Crippen LogP contribution in [0.1, 0.15) is 44.5 Å². The lowest BCUT2D eigenvalue weighted by atomic mass is 9.99. The summed E-state index contributed by atoms with van der Waals surface area (Å²) in [6, 6.07) is 3.80. The fraction of sp³-hybridized carbons (Fsp3) is 0.385. The van der Waals surface area contributed by atoms with Gasteiger partial charge in [-0.1, -0.05) is 20.8 Å². The first-order valence-electron chi connectivity index (χ1n) is 11.7. The summed E-state index contributed by atoms with van der Waals surface area (Å²) in [5.74, 6) is -3.46. The number of halogens is 3. The van der Waals surface area contributed by atoms with Crippen molar-refractivity contribution in [3.63, 3.8) is 0 Å². The zero-order valence-corrected chi connectivity index (χ0v) is 20.5. The number of fused-ring (bicyclic) bond motifs is 1. The normalized spacial score (nSPS) is 16.3. The van der Waals surface area contributed by atoms with Gasteiger partial charge >= 0.3 is 5.97 Å². The lowest BCUT2D eigenvalue weighted by Crippen LogP contribution is -2.25. The third-order valence-corrected chi connectivity index (χ3v) is 5.71. The number of hydrogen-bond acceptors (Lipinski definition) is 6. The number of benzene rings is 1. The number of aliphatic imine (C=N–C) groups is 1. The van der Waals surface area contributed by atoms with Crippen molar-refractivity contribution in [2.45, 2.75) is 40.2 Å². The Kier molecular flexibility index (Phi) is 6.88. The van der Waals surface area contributed by atoms with E-state index in [0.29, 0.717) is 25.6 Å². The number of esters is 1. The quantitative estimate of drug-likeness (QED) is 0.376. The zero-order valence-electron chi connectivity index (χ0n) is 20.5. The molecule has 1 unspecified atom stereocenters. The van der Waals surface area contributed by atoms with Gasteiger partial charge in [0.2, 0.25) is 5.43 Å². The minimum atomic E-state index is -0.944. The highest BCUT2D eigenvalue weighted by Crippen LogP contribution is 2.28. The molecule has 2 aromatic heterocycles. The number of ether oxygens (including phenoxy) is 1. The van der Waals surface area contributed by atoms with E-state index >= 15 is 4.39 Å². The van der Waals surface area contributed by atoms with Gasteiger partial charge in [0.15, 0.2) is 17.3 Å². The standard InChI is InChI=1S/C26H27F3N4O3/c1-5-36-25(35)18-13-33(21-7-6-15(27)10-19(21)28)23-17(22(18)34)11-20(29)24(31-23)32-9-8-16(12-32)30-14-26(2,3)4/h6-7,10-11,13-14,16H,5,8-9,12H2,1-4H3. The van der Waals surface area contributed by atoms with E-state index < -0.39 is 34.4 Å². The van der Waals surface area contributed by atoms with E-state index in [4.69, 9.17) is 4.74 Å². The Morgan fingerprint density at radius 2 is 1.97 bits per heavy atom. The van der Waals surface area contributed by atoms with Crippen LogP contribution < -0.4 is 10.3 Å². The molecule has 3 aromatic rings. The molecule has 1 saturated heterocycles. The number of nitrogens with zero attached hydrogens (tertiary/aromatic N) is 4. The molecular weight excluding hydrogens is 473 g/mol. The third kappa shape index (κ3) is 5.12. The maximum Gasteiger partial charge on any atom is 0.343 e. The Morgan fingerprint density at radius 3 is 2.64 bits per heavy atom. The molecule has 0 N–H and O–H groups in total. The van der Waals surface area contributed by atoms with Crippen molar-refractivity contribution in [3.05, 3.63) is 63.7 Å². The van der Waals surface area contributed by atoms with Crippen LogP contribution in [-0.2, 0) is 4.74 Å². The fourth-order valence-corrected chi connectivity index (χ4v) is 4.04. The Hall–Kier alpha value is -3.69.